The summed E-state index contributed by atoms with van der Waals surface area (Å²) in [6, 6.07) is 9.39. The van der Waals surface area contributed by atoms with E-state index in [4.69, 9.17) is 10.5 Å². The van der Waals surface area contributed by atoms with E-state index in [1.54, 1.807) is 0 Å². The Bertz CT molecular complexity index is 847. The van der Waals surface area contributed by atoms with Crippen molar-refractivity contribution in [3.63, 3.8) is 0 Å². The van der Waals surface area contributed by atoms with Crippen LogP contribution in [0.1, 0.15) is 11.1 Å². The minimum absolute atomic E-state index is 0.000814. The van der Waals surface area contributed by atoms with Gasteiger partial charge in [-0.2, -0.15) is 10.5 Å². The van der Waals surface area contributed by atoms with Crippen molar-refractivity contribution < 1.29 is 4.92 Å². The van der Waals surface area contributed by atoms with Crippen molar-refractivity contribution in [2.75, 3.05) is 23.3 Å². The standard InChI is InChI=1S/C16H15N7O2/c1-11-7-12(2)9-13(8-11)21-15-14(23(24)25)16(20-10-19-15)22(5-3-17)6-4-18/h7-10H,5-6H2,1-2H3,(H,19,20,21). The molecule has 1 heterocycles. The van der Waals surface area contributed by atoms with E-state index in [1.165, 1.54) is 4.90 Å². The second-order valence-corrected chi connectivity index (χ2v) is 5.33. The fourth-order valence-electron chi connectivity index (χ4n) is 2.42. The lowest BCUT2D eigenvalue weighted by molar-refractivity contribution is -0.383. The molecule has 0 fully saturated rings. The largest absolute Gasteiger partial charge is 0.353 e. The summed E-state index contributed by atoms with van der Waals surface area (Å²) in [5, 5.41) is 32.3. The van der Waals surface area contributed by atoms with E-state index in [1.807, 2.05) is 44.2 Å². The van der Waals surface area contributed by atoms with E-state index >= 15 is 0 Å². The Morgan fingerprint density at radius 1 is 1.16 bits per heavy atom. The molecule has 0 radical (unpaired) electrons. The molecule has 0 aliphatic carbocycles. The van der Waals surface area contributed by atoms with Crippen LogP contribution in [0, 0.1) is 46.6 Å². The van der Waals surface area contributed by atoms with Crippen LogP contribution in [0.15, 0.2) is 24.5 Å². The first-order valence-corrected chi connectivity index (χ1v) is 7.29. The van der Waals surface area contributed by atoms with Crippen molar-refractivity contribution in [2.45, 2.75) is 13.8 Å². The Balaban J connectivity index is 2.52. The molecule has 0 aliphatic heterocycles. The van der Waals surface area contributed by atoms with Gasteiger partial charge in [-0.1, -0.05) is 6.07 Å². The highest BCUT2D eigenvalue weighted by Crippen LogP contribution is 2.33. The summed E-state index contributed by atoms with van der Waals surface area (Å²) in [4.78, 5) is 20.0. The summed E-state index contributed by atoms with van der Waals surface area (Å²) < 4.78 is 0. The number of anilines is 3. The summed E-state index contributed by atoms with van der Waals surface area (Å²) in [6.07, 6.45) is 1.16. The normalized spacial score (nSPS) is 9.76. The molecule has 1 N–H and O–H groups in total. The lowest BCUT2D eigenvalue weighted by Gasteiger charge is -2.17. The Morgan fingerprint density at radius 2 is 1.76 bits per heavy atom. The van der Waals surface area contributed by atoms with E-state index in [9.17, 15) is 10.1 Å². The Hall–Kier alpha value is -3.72. The maximum absolute atomic E-state index is 11.6. The Labute approximate surface area is 144 Å². The number of hydrogen-bond donors (Lipinski definition) is 1. The molecule has 0 saturated heterocycles. The second kappa shape index (κ2) is 7.70. The van der Waals surface area contributed by atoms with Crippen molar-refractivity contribution in [3.05, 3.63) is 45.8 Å². The van der Waals surface area contributed by atoms with Gasteiger partial charge in [-0.3, -0.25) is 10.1 Å². The summed E-state index contributed by atoms with van der Waals surface area (Å²) >= 11 is 0. The predicted octanol–water partition coefficient (Wildman–Crippen LogP) is 2.60. The van der Waals surface area contributed by atoms with Crippen molar-refractivity contribution in [3.8, 4) is 12.1 Å². The predicted molar refractivity (Wildman–Crippen MR) is 91.3 cm³/mol. The number of aromatic nitrogens is 2. The average molecular weight is 337 g/mol. The van der Waals surface area contributed by atoms with Crippen molar-refractivity contribution in [1.82, 2.24) is 9.97 Å². The number of nitro groups is 1. The SMILES string of the molecule is Cc1cc(C)cc(Nc2ncnc(N(CC#N)CC#N)c2[N+](=O)[O-])c1. The summed E-state index contributed by atoms with van der Waals surface area (Å²) in [6.45, 7) is 3.43. The lowest BCUT2D eigenvalue weighted by Crippen LogP contribution is -2.26. The first-order chi connectivity index (χ1) is 12.0. The monoisotopic (exact) mass is 337 g/mol. The van der Waals surface area contributed by atoms with E-state index in [0.717, 1.165) is 17.5 Å². The first-order valence-electron chi connectivity index (χ1n) is 7.29. The van der Waals surface area contributed by atoms with Crippen LogP contribution in [0.3, 0.4) is 0 Å². The molecule has 0 spiro atoms. The number of aryl methyl sites for hydroxylation is 2. The van der Waals surface area contributed by atoms with Gasteiger partial charge in [0.2, 0.25) is 11.6 Å². The van der Waals surface area contributed by atoms with Gasteiger partial charge in [-0.05, 0) is 37.1 Å². The molecule has 9 nitrogen and oxygen atoms in total. The molecular formula is C16H15N7O2. The van der Waals surface area contributed by atoms with Gasteiger partial charge in [0, 0.05) is 5.69 Å². The topological polar surface area (TPSA) is 132 Å². The molecule has 0 saturated carbocycles. The molecule has 1 aromatic heterocycles. The third kappa shape index (κ3) is 4.18. The summed E-state index contributed by atoms with van der Waals surface area (Å²) in [5.41, 5.74) is 2.26. The van der Waals surface area contributed by atoms with E-state index in [2.05, 4.69) is 15.3 Å². The maximum Gasteiger partial charge on any atom is 0.353 e. The van der Waals surface area contributed by atoms with Gasteiger partial charge in [0.15, 0.2) is 0 Å². The van der Waals surface area contributed by atoms with E-state index in [0.29, 0.717) is 5.69 Å². The smallest absolute Gasteiger partial charge is 0.334 e. The number of rotatable bonds is 6. The molecule has 0 aliphatic rings. The van der Waals surface area contributed by atoms with Crippen LogP contribution in [0.5, 0.6) is 0 Å². The number of nitriles is 2. The van der Waals surface area contributed by atoms with Crippen LogP contribution in [0.4, 0.5) is 23.0 Å². The zero-order chi connectivity index (χ0) is 18.4. The lowest BCUT2D eigenvalue weighted by atomic mass is 10.1. The molecule has 0 unspecified atom stereocenters. The van der Waals surface area contributed by atoms with Crippen LogP contribution in [0.2, 0.25) is 0 Å². The zero-order valence-corrected chi connectivity index (χ0v) is 13.7. The van der Waals surface area contributed by atoms with Gasteiger partial charge >= 0.3 is 5.69 Å². The molecule has 0 atom stereocenters. The third-order valence-electron chi connectivity index (χ3n) is 3.29. The Morgan fingerprint density at radius 3 is 2.28 bits per heavy atom. The quantitative estimate of drug-likeness (QED) is 0.483. The molecule has 0 amide bonds. The second-order valence-electron chi connectivity index (χ2n) is 5.33. The van der Waals surface area contributed by atoms with Gasteiger partial charge in [0.1, 0.15) is 19.4 Å². The minimum Gasteiger partial charge on any atom is -0.334 e. The molecule has 25 heavy (non-hydrogen) atoms. The zero-order valence-electron chi connectivity index (χ0n) is 13.7. The molecule has 1 aromatic carbocycles. The minimum atomic E-state index is -0.623. The molecular weight excluding hydrogens is 322 g/mol. The fraction of sp³-hybridized carbons (Fsp3) is 0.250. The highest BCUT2D eigenvalue weighted by Gasteiger charge is 2.27. The van der Waals surface area contributed by atoms with Gasteiger partial charge in [0.25, 0.3) is 0 Å². The van der Waals surface area contributed by atoms with Crippen LogP contribution in [0.25, 0.3) is 0 Å². The molecule has 9 heteroatoms. The maximum atomic E-state index is 11.6. The van der Waals surface area contributed by atoms with Gasteiger partial charge < -0.3 is 10.2 Å². The van der Waals surface area contributed by atoms with Gasteiger partial charge in [-0.15, -0.1) is 0 Å². The van der Waals surface area contributed by atoms with Gasteiger partial charge in [0.05, 0.1) is 17.1 Å². The number of benzene rings is 1. The summed E-state index contributed by atoms with van der Waals surface area (Å²) in [5.74, 6) is -0.0733. The van der Waals surface area contributed by atoms with Crippen molar-refractivity contribution in [1.29, 1.82) is 10.5 Å². The van der Waals surface area contributed by atoms with Crippen LogP contribution in [-0.4, -0.2) is 28.0 Å². The number of nitrogens with zero attached hydrogens (tertiary/aromatic N) is 6. The van der Waals surface area contributed by atoms with Crippen molar-refractivity contribution in [2.24, 2.45) is 0 Å². The third-order valence-corrected chi connectivity index (χ3v) is 3.29. The van der Waals surface area contributed by atoms with Crippen LogP contribution >= 0.6 is 0 Å². The van der Waals surface area contributed by atoms with Gasteiger partial charge in [-0.25, -0.2) is 9.97 Å². The molecule has 126 valence electrons. The summed E-state index contributed by atoms with van der Waals surface area (Å²) in [7, 11) is 0. The number of nitrogens with one attached hydrogen (secondary N) is 1. The molecule has 2 aromatic rings. The van der Waals surface area contributed by atoms with Crippen LogP contribution < -0.4 is 10.2 Å². The van der Waals surface area contributed by atoms with Crippen molar-refractivity contribution >= 4 is 23.0 Å². The molecule has 0 bridgehead atoms. The fourth-order valence-corrected chi connectivity index (χ4v) is 2.42. The van der Waals surface area contributed by atoms with E-state index in [-0.39, 0.29) is 30.4 Å². The van der Waals surface area contributed by atoms with E-state index < -0.39 is 4.92 Å². The number of hydrogen-bond acceptors (Lipinski definition) is 8. The van der Waals surface area contributed by atoms with Crippen LogP contribution in [-0.2, 0) is 0 Å². The molecule has 2 rings (SSSR count). The highest BCUT2D eigenvalue weighted by molar-refractivity contribution is 5.75. The first kappa shape index (κ1) is 17.6. The average Bonchev–Trinajstić information content (AvgIpc) is 2.53. The Kier molecular flexibility index (Phi) is 5.43. The highest BCUT2D eigenvalue weighted by atomic mass is 16.6.